The number of unbranched alkanes of at least 4 members (excludes halogenated alkanes) is 2. The van der Waals surface area contributed by atoms with Crippen molar-refractivity contribution in [1.29, 1.82) is 0 Å². The van der Waals surface area contributed by atoms with E-state index in [2.05, 4.69) is 27.7 Å². The number of carboxylic acid groups (broad SMARTS) is 2. The molecule has 0 fully saturated rings. The fourth-order valence-electron chi connectivity index (χ4n) is 2.39. The van der Waals surface area contributed by atoms with Gasteiger partial charge in [-0.2, -0.15) is 0 Å². The number of aliphatic carboxylic acids is 2. The van der Waals surface area contributed by atoms with Gasteiger partial charge in [-0.1, -0.05) is 26.7 Å². The lowest BCUT2D eigenvalue weighted by atomic mass is 10.3. The molecule has 2 rings (SSSR count). The number of carbonyl (C=O) groups excluding carboxylic acids is 2. The number of nitrogens with one attached hydrogen (secondary N) is 2. The SMILES string of the molecule is Br.Br.CCCC[n+]1c(C=CC(=O)[O-])c[nH]c1C=CC(=O)[O-].CCCC[n+]1cc[nH]c1. The Hall–Kier alpha value is -2.20. The lowest BCUT2D eigenvalue weighted by molar-refractivity contribution is -0.699. The van der Waals surface area contributed by atoms with Crippen LogP contribution < -0.4 is 19.3 Å². The highest BCUT2D eigenvalue weighted by atomic mass is 79.9. The van der Waals surface area contributed by atoms with Gasteiger partial charge in [-0.25, -0.2) is 14.1 Å². The molecule has 30 heavy (non-hydrogen) atoms. The molecule has 168 valence electrons. The molecule has 2 N–H and O–H groups in total. The average molecular weight is 550 g/mol. The normalized spacial score (nSPS) is 10.2. The Kier molecular flexibility index (Phi) is 17.6. The minimum atomic E-state index is -1.29. The molecule has 0 saturated carbocycles. The molecule has 2 aromatic rings. The first kappa shape index (κ1) is 30.0. The number of hydrogen-bond acceptors (Lipinski definition) is 4. The number of imidazole rings is 2. The number of nitrogens with zero attached hydrogens (tertiary/aromatic N) is 2. The number of halogens is 2. The molecule has 0 unspecified atom stereocenters. The molecule has 0 radical (unpaired) electrons. The minimum Gasteiger partial charge on any atom is -0.545 e. The lowest BCUT2D eigenvalue weighted by Crippen LogP contribution is -2.38. The first-order chi connectivity index (χ1) is 13.5. The molecule has 2 aromatic heterocycles. The number of carbonyl (C=O) groups is 2. The van der Waals surface area contributed by atoms with Crippen LogP contribution in [0.2, 0.25) is 0 Å². The Morgan fingerprint density at radius 2 is 1.60 bits per heavy atom. The van der Waals surface area contributed by atoms with Crippen molar-refractivity contribution in [3.63, 3.8) is 0 Å². The van der Waals surface area contributed by atoms with E-state index in [1.165, 1.54) is 25.0 Å². The summed E-state index contributed by atoms with van der Waals surface area (Å²) in [5.74, 6) is -2.01. The highest BCUT2D eigenvalue weighted by Gasteiger charge is 2.12. The Bertz CT molecular complexity index is 745. The van der Waals surface area contributed by atoms with Crippen LogP contribution in [0, 0.1) is 0 Å². The third-order valence-corrected chi connectivity index (χ3v) is 3.85. The average Bonchev–Trinajstić information content (AvgIpc) is 3.31. The second-order valence-electron chi connectivity index (χ2n) is 6.11. The first-order valence-corrected chi connectivity index (χ1v) is 9.39. The van der Waals surface area contributed by atoms with Crippen LogP contribution in [0.25, 0.3) is 12.2 Å². The van der Waals surface area contributed by atoms with Crippen molar-refractivity contribution >= 4 is 58.1 Å². The van der Waals surface area contributed by atoms with Crippen molar-refractivity contribution in [2.45, 2.75) is 52.6 Å². The third kappa shape index (κ3) is 12.4. The predicted molar refractivity (Wildman–Crippen MR) is 121 cm³/mol. The fraction of sp³-hybridized carbons (Fsp3) is 0.400. The first-order valence-electron chi connectivity index (χ1n) is 9.39. The zero-order chi connectivity index (χ0) is 20.8. The largest absolute Gasteiger partial charge is 0.545 e. The summed E-state index contributed by atoms with van der Waals surface area (Å²) in [6, 6.07) is 0. The van der Waals surface area contributed by atoms with Gasteiger partial charge in [0.05, 0.1) is 25.0 Å². The topological polar surface area (TPSA) is 120 Å². The Labute approximate surface area is 197 Å². The van der Waals surface area contributed by atoms with Crippen LogP contribution >= 0.6 is 34.0 Å². The van der Waals surface area contributed by atoms with Gasteiger partial charge < -0.3 is 19.8 Å². The Balaban J connectivity index is 0. The number of hydrogen-bond donors (Lipinski definition) is 2. The lowest BCUT2D eigenvalue weighted by Gasteiger charge is -2.00. The summed E-state index contributed by atoms with van der Waals surface area (Å²) in [6.45, 7) is 6.02. The van der Waals surface area contributed by atoms with Gasteiger partial charge in [0.1, 0.15) is 18.6 Å². The van der Waals surface area contributed by atoms with E-state index in [4.69, 9.17) is 0 Å². The van der Waals surface area contributed by atoms with Gasteiger partial charge >= 0.3 is 0 Å². The van der Waals surface area contributed by atoms with Crippen LogP contribution in [-0.2, 0) is 22.7 Å². The fourth-order valence-corrected chi connectivity index (χ4v) is 2.39. The zero-order valence-corrected chi connectivity index (χ0v) is 20.6. The van der Waals surface area contributed by atoms with Crippen LogP contribution in [0.3, 0.4) is 0 Å². The summed E-state index contributed by atoms with van der Waals surface area (Å²) in [5.41, 5.74) is 0.635. The molecule has 0 amide bonds. The number of rotatable bonds is 10. The van der Waals surface area contributed by atoms with Crippen LogP contribution in [0.1, 0.15) is 51.0 Å². The van der Waals surface area contributed by atoms with Crippen LogP contribution in [0.15, 0.2) is 37.1 Å². The van der Waals surface area contributed by atoms with Gasteiger partial charge in [0.2, 0.25) is 6.33 Å². The Morgan fingerprint density at radius 3 is 2.13 bits per heavy atom. The highest BCUT2D eigenvalue weighted by Crippen LogP contribution is 2.02. The van der Waals surface area contributed by atoms with Gasteiger partial charge in [0.25, 0.3) is 5.82 Å². The summed E-state index contributed by atoms with van der Waals surface area (Å²) in [4.78, 5) is 26.7. The maximum absolute atomic E-state index is 10.4. The summed E-state index contributed by atoms with van der Waals surface area (Å²) < 4.78 is 3.95. The number of H-pyrrole nitrogens is 2. The number of aromatic nitrogens is 4. The van der Waals surface area contributed by atoms with E-state index in [0.29, 0.717) is 18.1 Å². The van der Waals surface area contributed by atoms with Crippen LogP contribution in [-0.4, -0.2) is 21.9 Å². The molecule has 0 aliphatic carbocycles. The molecule has 0 spiro atoms. The van der Waals surface area contributed by atoms with Crippen LogP contribution in [0.5, 0.6) is 0 Å². The predicted octanol–water partition coefficient (Wildman–Crippen LogP) is 0.887. The van der Waals surface area contributed by atoms with Gasteiger partial charge in [0.15, 0.2) is 5.69 Å². The minimum absolute atomic E-state index is 0. The Morgan fingerprint density at radius 1 is 1.00 bits per heavy atom. The molecule has 2 heterocycles. The second kappa shape index (κ2) is 17.6. The molecule has 0 aromatic carbocycles. The third-order valence-electron chi connectivity index (χ3n) is 3.85. The molecule has 8 nitrogen and oxygen atoms in total. The maximum Gasteiger partial charge on any atom is 0.279 e. The van der Waals surface area contributed by atoms with E-state index in [0.717, 1.165) is 31.5 Å². The van der Waals surface area contributed by atoms with Gasteiger partial charge in [-0.3, -0.25) is 4.98 Å². The van der Waals surface area contributed by atoms with Crippen LogP contribution in [0.4, 0.5) is 0 Å². The maximum atomic E-state index is 10.4. The monoisotopic (exact) mass is 548 g/mol. The van der Waals surface area contributed by atoms with E-state index >= 15 is 0 Å². The molecule has 0 saturated heterocycles. The summed E-state index contributed by atoms with van der Waals surface area (Å²) in [5, 5.41) is 20.8. The molecule has 10 heteroatoms. The summed E-state index contributed by atoms with van der Waals surface area (Å²) in [7, 11) is 0. The highest BCUT2D eigenvalue weighted by molar-refractivity contribution is 8.93. The zero-order valence-electron chi connectivity index (χ0n) is 17.2. The van der Waals surface area contributed by atoms with Crippen molar-refractivity contribution in [2.24, 2.45) is 0 Å². The van der Waals surface area contributed by atoms with Crippen molar-refractivity contribution in [3.8, 4) is 0 Å². The summed E-state index contributed by atoms with van der Waals surface area (Å²) in [6.07, 6.45) is 16.6. The molecule has 0 atom stereocenters. The van der Waals surface area contributed by atoms with Gasteiger partial charge in [0, 0.05) is 6.08 Å². The van der Waals surface area contributed by atoms with Crippen molar-refractivity contribution in [3.05, 3.63) is 48.6 Å². The van der Waals surface area contributed by atoms with Crippen molar-refractivity contribution < 1.29 is 28.9 Å². The molecular weight excluding hydrogens is 520 g/mol. The molecule has 0 aliphatic rings. The van der Waals surface area contributed by atoms with Gasteiger partial charge in [-0.05, 0) is 31.1 Å². The van der Waals surface area contributed by atoms with E-state index in [-0.39, 0.29) is 34.0 Å². The molecule has 0 bridgehead atoms. The number of aromatic amines is 2. The standard InChI is InChI=1S/C13H16N2O4.C7H12N2.2BrH/c1-2-3-8-15-10(4-6-12(16)17)9-14-11(15)5-7-13(18)19;1-2-3-5-9-6-4-8-7-9;;/h4-7,9H,2-3,8H2,1H3,(H2,16,17,18,19);4,6-7H,2-3,5H2,1H3;2*1H. The smallest absolute Gasteiger partial charge is 0.279 e. The number of carboxylic acids is 2. The second-order valence-corrected chi connectivity index (χ2v) is 6.11. The van der Waals surface area contributed by atoms with E-state index in [1.807, 2.05) is 19.4 Å². The van der Waals surface area contributed by atoms with Crippen molar-refractivity contribution in [2.75, 3.05) is 0 Å². The van der Waals surface area contributed by atoms with Crippen molar-refractivity contribution in [1.82, 2.24) is 9.97 Å². The van der Waals surface area contributed by atoms with E-state index in [1.54, 1.807) is 10.8 Å². The number of aryl methyl sites for hydroxylation is 1. The molecular formula is C20H30Br2N4O4. The summed E-state index contributed by atoms with van der Waals surface area (Å²) >= 11 is 0. The quantitative estimate of drug-likeness (QED) is 0.338. The molecule has 0 aliphatic heterocycles. The van der Waals surface area contributed by atoms with E-state index < -0.39 is 11.9 Å². The van der Waals surface area contributed by atoms with Gasteiger partial charge in [-0.15, -0.1) is 34.0 Å². The van der Waals surface area contributed by atoms with E-state index in [9.17, 15) is 19.8 Å².